The lowest BCUT2D eigenvalue weighted by atomic mass is 9.80. The lowest BCUT2D eigenvalue weighted by Gasteiger charge is -2.37. The van der Waals surface area contributed by atoms with Crippen molar-refractivity contribution < 1.29 is 36.0 Å². The highest BCUT2D eigenvalue weighted by atomic mass is 19.4. The highest BCUT2D eigenvalue weighted by molar-refractivity contribution is 6.01. The van der Waals surface area contributed by atoms with Gasteiger partial charge in [0.05, 0.1) is 0 Å². The monoisotopic (exact) mass is 402 g/mol. The van der Waals surface area contributed by atoms with Gasteiger partial charge in [0.15, 0.2) is 11.4 Å². The van der Waals surface area contributed by atoms with E-state index >= 15 is 0 Å². The van der Waals surface area contributed by atoms with E-state index < -0.39 is 36.1 Å². The fourth-order valence-corrected chi connectivity index (χ4v) is 2.91. The highest BCUT2D eigenvalue weighted by Gasteiger charge is 2.58. The average molecular weight is 402 g/mol. The van der Waals surface area contributed by atoms with E-state index in [1.807, 2.05) is 0 Å². The first-order valence-electron chi connectivity index (χ1n) is 7.89. The number of alkyl halides is 6. The molecular weight excluding hydrogens is 390 g/mol. The fraction of sp³-hybridized carbons (Fsp3) is 0.222. The zero-order valence-corrected chi connectivity index (χ0v) is 13.9. The summed E-state index contributed by atoms with van der Waals surface area (Å²) in [5.41, 5.74) is -1.000. The number of aliphatic imine (C=N–C) groups is 1. The normalized spacial score (nSPS) is 19.4. The average Bonchev–Trinajstić information content (AvgIpc) is 2.64. The number of hydrogen-bond acceptors (Lipinski definition) is 4. The van der Waals surface area contributed by atoms with Crippen molar-refractivity contribution in [1.82, 2.24) is 5.48 Å². The molecule has 0 bridgehead atoms. The molecule has 10 heteroatoms. The van der Waals surface area contributed by atoms with E-state index in [1.165, 1.54) is 54.6 Å². The van der Waals surface area contributed by atoms with E-state index in [9.17, 15) is 31.1 Å². The van der Waals surface area contributed by atoms with Gasteiger partial charge >= 0.3 is 18.3 Å². The zero-order chi connectivity index (χ0) is 20.6. The summed E-state index contributed by atoms with van der Waals surface area (Å²) in [6, 6.07) is 12.5. The molecule has 0 saturated heterocycles. The Morgan fingerprint density at radius 3 is 2.18 bits per heavy atom. The number of halogens is 6. The Labute approximate surface area is 154 Å². The molecule has 0 amide bonds. The number of hydroxylamine groups is 1. The van der Waals surface area contributed by atoms with Gasteiger partial charge in [-0.25, -0.2) is 9.79 Å². The number of hydrogen-bond donors (Lipinski definition) is 1. The molecule has 1 heterocycles. The van der Waals surface area contributed by atoms with Crippen LogP contribution in [-0.4, -0.2) is 24.2 Å². The van der Waals surface area contributed by atoms with Gasteiger partial charge in [-0.2, -0.15) is 31.8 Å². The van der Waals surface area contributed by atoms with Gasteiger partial charge in [-0.05, 0) is 11.1 Å². The second-order valence-corrected chi connectivity index (χ2v) is 6.01. The molecule has 0 spiro atoms. The summed E-state index contributed by atoms with van der Waals surface area (Å²) in [5, 5.41) is 0. The number of nitrogens with zero attached hydrogens (tertiary/aromatic N) is 1. The third-order valence-corrected chi connectivity index (χ3v) is 4.21. The van der Waals surface area contributed by atoms with Crippen molar-refractivity contribution in [3.63, 3.8) is 0 Å². The van der Waals surface area contributed by atoms with Crippen molar-refractivity contribution in [1.29, 1.82) is 0 Å². The predicted octanol–water partition coefficient (Wildman–Crippen LogP) is 4.06. The van der Waals surface area contributed by atoms with Gasteiger partial charge in [-0.3, -0.25) is 0 Å². The molecule has 0 saturated carbocycles. The van der Waals surface area contributed by atoms with Crippen LogP contribution in [0.3, 0.4) is 0 Å². The molecule has 1 unspecified atom stereocenters. The SMILES string of the molecule is O=C(ONC1=NC(c2ccccc2)(C(F)(F)F)Cc2ccccc21)C(F)(F)F. The second kappa shape index (κ2) is 6.84. The molecule has 4 nitrogen and oxygen atoms in total. The predicted molar refractivity (Wildman–Crippen MR) is 86.1 cm³/mol. The first-order chi connectivity index (χ1) is 13.0. The third kappa shape index (κ3) is 3.54. The number of amidine groups is 1. The van der Waals surface area contributed by atoms with Crippen molar-refractivity contribution in [3.8, 4) is 0 Å². The van der Waals surface area contributed by atoms with Gasteiger partial charge in [0.2, 0.25) is 0 Å². The fourth-order valence-electron chi connectivity index (χ4n) is 2.91. The summed E-state index contributed by atoms with van der Waals surface area (Å²) < 4.78 is 79.5. The summed E-state index contributed by atoms with van der Waals surface area (Å²) in [6.07, 6.45) is -10.7. The number of benzene rings is 2. The molecule has 2 aromatic carbocycles. The van der Waals surface area contributed by atoms with Gasteiger partial charge in [-0.1, -0.05) is 54.6 Å². The van der Waals surface area contributed by atoms with Gasteiger partial charge in [-0.15, -0.1) is 0 Å². The maximum Gasteiger partial charge on any atom is 0.493 e. The van der Waals surface area contributed by atoms with E-state index in [0.29, 0.717) is 0 Å². The molecule has 28 heavy (non-hydrogen) atoms. The Morgan fingerprint density at radius 2 is 1.57 bits per heavy atom. The molecule has 1 N–H and O–H groups in total. The van der Waals surface area contributed by atoms with Gasteiger partial charge in [0.1, 0.15) is 0 Å². The summed E-state index contributed by atoms with van der Waals surface area (Å²) in [4.78, 5) is 18.6. The number of fused-ring (bicyclic) bond motifs is 1. The Hall–Kier alpha value is -3.04. The van der Waals surface area contributed by atoms with Crippen LogP contribution in [0.25, 0.3) is 0 Å². The van der Waals surface area contributed by atoms with Crippen LogP contribution < -0.4 is 5.48 Å². The van der Waals surface area contributed by atoms with Crippen molar-refractivity contribution in [2.45, 2.75) is 24.3 Å². The number of nitrogens with one attached hydrogen (secondary N) is 1. The largest absolute Gasteiger partial charge is 0.493 e. The first kappa shape index (κ1) is 19.7. The molecule has 0 radical (unpaired) electrons. The topological polar surface area (TPSA) is 50.7 Å². The summed E-state index contributed by atoms with van der Waals surface area (Å²) in [7, 11) is 0. The van der Waals surface area contributed by atoms with Crippen LogP contribution in [0.4, 0.5) is 26.3 Å². The smallest absolute Gasteiger partial charge is 0.334 e. The summed E-state index contributed by atoms with van der Waals surface area (Å²) in [6.45, 7) is 0. The first-order valence-corrected chi connectivity index (χ1v) is 7.89. The molecule has 0 aromatic heterocycles. The lowest BCUT2D eigenvalue weighted by molar-refractivity contribution is -0.204. The maximum atomic E-state index is 14.1. The van der Waals surface area contributed by atoms with Crippen molar-refractivity contribution in [2.24, 2.45) is 4.99 Å². The number of carbonyl (C=O) groups is 1. The molecule has 3 rings (SSSR count). The third-order valence-electron chi connectivity index (χ3n) is 4.21. The minimum atomic E-state index is -5.32. The maximum absolute atomic E-state index is 14.1. The zero-order valence-electron chi connectivity index (χ0n) is 13.9. The van der Waals surface area contributed by atoms with E-state index in [-0.39, 0.29) is 16.7 Å². The minimum Gasteiger partial charge on any atom is -0.334 e. The van der Waals surface area contributed by atoms with E-state index in [0.717, 1.165) is 0 Å². The van der Waals surface area contributed by atoms with Gasteiger partial charge < -0.3 is 4.84 Å². The molecule has 1 aliphatic heterocycles. The van der Waals surface area contributed by atoms with Crippen LogP contribution in [0.1, 0.15) is 16.7 Å². The quantitative estimate of drug-likeness (QED) is 0.578. The summed E-state index contributed by atoms with van der Waals surface area (Å²) >= 11 is 0. The van der Waals surface area contributed by atoms with Crippen molar-refractivity contribution in [3.05, 3.63) is 71.3 Å². The van der Waals surface area contributed by atoms with E-state index in [2.05, 4.69) is 9.83 Å². The minimum absolute atomic E-state index is 0.105. The Balaban J connectivity index is 2.11. The molecule has 0 aliphatic carbocycles. The van der Waals surface area contributed by atoms with Crippen LogP contribution in [0, 0.1) is 0 Å². The van der Waals surface area contributed by atoms with Crippen LogP contribution in [-0.2, 0) is 21.6 Å². The van der Waals surface area contributed by atoms with Crippen LogP contribution >= 0.6 is 0 Å². The lowest BCUT2D eigenvalue weighted by Crippen LogP contribution is -2.48. The Morgan fingerprint density at radius 1 is 0.964 bits per heavy atom. The Kier molecular flexibility index (Phi) is 4.82. The molecule has 1 atom stereocenters. The number of carbonyl (C=O) groups excluding carboxylic acids is 1. The van der Waals surface area contributed by atoms with Crippen molar-refractivity contribution in [2.75, 3.05) is 0 Å². The Bertz CT molecular complexity index is 908. The van der Waals surface area contributed by atoms with Gasteiger partial charge in [0.25, 0.3) is 0 Å². The van der Waals surface area contributed by atoms with Gasteiger partial charge in [0, 0.05) is 12.0 Å². The molecule has 1 aliphatic rings. The standard InChI is InChI=1S/C18H12F6N2O2/c19-17(20,21)15(27)28-26-14-13-9-5-4-6-11(13)10-16(25-14,18(22,23)24)12-7-2-1-3-8-12/h1-9H,10H2,(H,25,26). The second-order valence-electron chi connectivity index (χ2n) is 6.01. The highest BCUT2D eigenvalue weighted by Crippen LogP contribution is 2.47. The van der Waals surface area contributed by atoms with E-state index in [4.69, 9.17) is 0 Å². The molecule has 0 fully saturated rings. The van der Waals surface area contributed by atoms with E-state index in [1.54, 1.807) is 5.48 Å². The van der Waals surface area contributed by atoms with Crippen LogP contribution in [0.5, 0.6) is 0 Å². The molecule has 148 valence electrons. The molecule has 2 aromatic rings. The van der Waals surface area contributed by atoms with Crippen molar-refractivity contribution >= 4 is 11.8 Å². The molecular formula is C18H12F6N2O2. The number of rotatable bonds is 1. The van der Waals surface area contributed by atoms with Crippen LogP contribution in [0.2, 0.25) is 0 Å². The summed E-state index contributed by atoms with van der Waals surface area (Å²) in [5.74, 6) is -3.23. The van der Waals surface area contributed by atoms with Crippen LogP contribution in [0.15, 0.2) is 59.6 Å².